The highest BCUT2D eigenvalue weighted by Gasteiger charge is 2.40. The van der Waals surface area contributed by atoms with Crippen LogP contribution in [0.25, 0.3) is 11.0 Å². The third kappa shape index (κ3) is 4.60. The number of thioether (sulfide) groups is 1. The smallest absolute Gasteiger partial charge is 0.357 e. The molecule has 2 aromatic carbocycles. The molecule has 0 amide bonds. The molecule has 2 heterocycles. The first kappa shape index (κ1) is 26.7. The average molecular weight is 567 g/mol. The lowest BCUT2D eigenvalue weighted by atomic mass is 10.1. The molecule has 0 radical (unpaired) electrons. The van der Waals surface area contributed by atoms with Crippen LogP contribution in [0.2, 0.25) is 10.0 Å². The van der Waals surface area contributed by atoms with Crippen molar-refractivity contribution in [3.05, 3.63) is 85.5 Å². The van der Waals surface area contributed by atoms with Crippen LogP contribution in [0, 0.1) is 11.6 Å². The molecule has 1 aliphatic rings. The van der Waals surface area contributed by atoms with Crippen molar-refractivity contribution in [1.29, 1.82) is 0 Å². The van der Waals surface area contributed by atoms with Gasteiger partial charge in [0.15, 0.2) is 5.69 Å². The van der Waals surface area contributed by atoms with Crippen LogP contribution in [0.5, 0.6) is 0 Å². The van der Waals surface area contributed by atoms with Crippen LogP contribution in [0.15, 0.2) is 36.4 Å². The zero-order valence-electron chi connectivity index (χ0n) is 19.3. The summed E-state index contributed by atoms with van der Waals surface area (Å²) in [4.78, 5) is 39.6. The molecule has 0 spiro atoms. The Morgan fingerprint density at radius 1 is 1.11 bits per heavy atom. The summed E-state index contributed by atoms with van der Waals surface area (Å²) in [6, 6.07) is 7.84. The molecule has 0 saturated heterocycles. The van der Waals surface area contributed by atoms with Crippen LogP contribution in [0.4, 0.5) is 14.5 Å². The molecule has 0 aliphatic carbocycles. The topological polar surface area (TPSA) is 101 Å². The van der Waals surface area contributed by atoms with E-state index in [1.807, 2.05) is 0 Å². The number of anilines is 1. The molecule has 1 aromatic heterocycles. The number of ether oxygens (including phenoxy) is 2. The quantitative estimate of drug-likeness (QED) is 0.464. The van der Waals surface area contributed by atoms with E-state index in [-0.39, 0.29) is 48.9 Å². The van der Waals surface area contributed by atoms with Gasteiger partial charge in [0.1, 0.15) is 21.8 Å². The molecular formula is C25H18Cl2F2N2O5S. The molecule has 12 heteroatoms. The molecule has 1 atom stereocenters. The molecule has 7 nitrogen and oxygen atoms in total. The lowest BCUT2D eigenvalue weighted by molar-refractivity contribution is -0.135. The van der Waals surface area contributed by atoms with Crippen LogP contribution in [-0.2, 0) is 14.3 Å². The first-order valence-corrected chi connectivity index (χ1v) is 12.4. The van der Waals surface area contributed by atoms with Crippen molar-refractivity contribution in [2.75, 3.05) is 19.5 Å². The van der Waals surface area contributed by atoms with Crippen LogP contribution < -0.4 is 16.3 Å². The number of nitrogen functional groups attached to an aromatic ring is 1. The summed E-state index contributed by atoms with van der Waals surface area (Å²) in [5, 5.41) is -1.63. The monoisotopic (exact) mass is 566 g/mol. The normalized spacial score (nSPS) is 15.5. The van der Waals surface area contributed by atoms with Gasteiger partial charge in [-0.25, -0.2) is 18.4 Å². The Kier molecular flexibility index (Phi) is 7.63. The van der Waals surface area contributed by atoms with Crippen molar-refractivity contribution in [2.45, 2.75) is 12.2 Å². The number of halogens is 4. The molecular weight excluding hydrogens is 549 g/mol. The first-order valence-electron chi connectivity index (χ1n) is 10.7. The Labute approximate surface area is 223 Å². The fourth-order valence-electron chi connectivity index (χ4n) is 3.92. The van der Waals surface area contributed by atoms with Gasteiger partial charge in [0.2, 0.25) is 5.91 Å². The number of hydrogen-bond acceptors (Lipinski definition) is 7. The highest BCUT2D eigenvalue weighted by molar-refractivity contribution is 8.10. The summed E-state index contributed by atoms with van der Waals surface area (Å²) in [5.41, 5.74) is 5.30. The lowest BCUT2D eigenvalue weighted by Crippen LogP contribution is -2.43. The average Bonchev–Trinajstić information content (AvgIpc) is 3.14. The van der Waals surface area contributed by atoms with Crippen molar-refractivity contribution in [3.63, 3.8) is 0 Å². The van der Waals surface area contributed by atoms with E-state index in [1.54, 1.807) is 6.92 Å². The maximum absolute atomic E-state index is 14.9. The number of esters is 2. The van der Waals surface area contributed by atoms with Gasteiger partial charge < -0.3 is 15.2 Å². The van der Waals surface area contributed by atoms with E-state index in [2.05, 4.69) is 0 Å². The minimum absolute atomic E-state index is 0.0162. The summed E-state index contributed by atoms with van der Waals surface area (Å²) in [6.07, 6.45) is 1.22. The van der Waals surface area contributed by atoms with Gasteiger partial charge in [-0.2, -0.15) is 0 Å². The van der Waals surface area contributed by atoms with Crippen molar-refractivity contribution in [1.82, 2.24) is 4.57 Å². The summed E-state index contributed by atoms with van der Waals surface area (Å²) in [7, 11) is 1.07. The Morgan fingerprint density at radius 2 is 1.76 bits per heavy atom. The number of rotatable bonds is 5. The maximum atomic E-state index is 14.9. The molecule has 0 saturated carbocycles. The van der Waals surface area contributed by atoms with Gasteiger partial charge in [-0.1, -0.05) is 47.1 Å². The largest absolute Gasteiger partial charge is 0.464 e. The predicted molar refractivity (Wildman–Crippen MR) is 137 cm³/mol. The maximum Gasteiger partial charge on any atom is 0.357 e. The summed E-state index contributed by atoms with van der Waals surface area (Å²) in [6.45, 7) is 1.54. The van der Waals surface area contributed by atoms with Gasteiger partial charge in [0.25, 0.3) is 0 Å². The van der Waals surface area contributed by atoms with E-state index in [0.29, 0.717) is 11.8 Å². The minimum atomic E-state index is -1.39. The molecule has 192 valence electrons. The highest BCUT2D eigenvalue weighted by Crippen LogP contribution is 2.43. The van der Waals surface area contributed by atoms with Crippen molar-refractivity contribution in [2.24, 2.45) is 0 Å². The van der Waals surface area contributed by atoms with Gasteiger partial charge in [0, 0.05) is 21.4 Å². The number of carbonyl (C=O) groups is 3. The Hall–Kier alpha value is -3.34. The summed E-state index contributed by atoms with van der Waals surface area (Å²) < 4.78 is 40.4. The lowest BCUT2D eigenvalue weighted by Gasteiger charge is -2.24. The van der Waals surface area contributed by atoms with Crippen molar-refractivity contribution >= 4 is 69.5 Å². The zero-order valence-corrected chi connectivity index (χ0v) is 21.6. The standard InChI is InChI=1S/C25H18Cl2F2N2O5S/c1-3-36-25(34)22-19-12(10-11-13(26)6-4-8-15(11)28)18(30)20(24(33)35-2)31(19)23(32)21(37-22)17-14(27)7-5-9-16(17)29/h4-10,21H,3,30H2,1-2H3/b12-10+/t21-/m0/s1. The number of fused-ring (bicyclic) bond motifs is 1. The molecule has 3 aromatic rings. The fraction of sp³-hybridized carbons (Fsp3) is 0.160. The molecule has 0 unspecified atom stereocenters. The minimum Gasteiger partial charge on any atom is -0.464 e. The Bertz CT molecular complexity index is 1550. The van der Waals surface area contributed by atoms with Crippen LogP contribution in [0.1, 0.15) is 38.6 Å². The second-order valence-electron chi connectivity index (χ2n) is 7.65. The predicted octanol–water partition coefficient (Wildman–Crippen LogP) is 4.07. The first-order chi connectivity index (χ1) is 17.6. The summed E-state index contributed by atoms with van der Waals surface area (Å²) >= 11 is 13.1. The summed E-state index contributed by atoms with van der Waals surface area (Å²) in [5.74, 6) is -4.22. The van der Waals surface area contributed by atoms with Crippen LogP contribution in [-0.4, -0.2) is 36.1 Å². The van der Waals surface area contributed by atoms with E-state index >= 15 is 0 Å². The number of carbonyl (C=O) groups excluding carboxylic acids is 3. The van der Waals surface area contributed by atoms with E-state index < -0.39 is 40.4 Å². The molecule has 2 N–H and O–H groups in total. The fourth-order valence-corrected chi connectivity index (χ4v) is 5.74. The molecule has 1 aliphatic heterocycles. The number of hydrogen-bond donors (Lipinski definition) is 1. The number of methoxy groups -OCH3 is 1. The highest BCUT2D eigenvalue weighted by atomic mass is 35.5. The van der Waals surface area contributed by atoms with E-state index in [0.717, 1.165) is 23.8 Å². The van der Waals surface area contributed by atoms with Crippen molar-refractivity contribution in [3.8, 4) is 0 Å². The molecule has 37 heavy (non-hydrogen) atoms. The van der Waals surface area contributed by atoms with Gasteiger partial charge >= 0.3 is 11.9 Å². The second kappa shape index (κ2) is 10.6. The third-order valence-electron chi connectivity index (χ3n) is 5.53. The molecule has 0 bridgehead atoms. The van der Waals surface area contributed by atoms with Gasteiger partial charge in [-0.15, -0.1) is 0 Å². The van der Waals surface area contributed by atoms with Gasteiger partial charge in [-0.05, 0) is 37.3 Å². The molecule has 0 fully saturated rings. The number of nitrogens with zero attached hydrogens (tertiary/aromatic N) is 1. The Balaban J connectivity index is 2.18. The van der Waals surface area contributed by atoms with Gasteiger partial charge in [0.05, 0.1) is 29.8 Å². The second-order valence-corrected chi connectivity index (χ2v) is 9.58. The van der Waals surface area contributed by atoms with Crippen LogP contribution in [0.3, 0.4) is 0 Å². The van der Waals surface area contributed by atoms with Gasteiger partial charge in [-0.3, -0.25) is 9.36 Å². The number of aromatic nitrogens is 1. The van der Waals surface area contributed by atoms with E-state index in [1.165, 1.54) is 30.3 Å². The van der Waals surface area contributed by atoms with E-state index in [9.17, 15) is 23.2 Å². The number of nitrogens with two attached hydrogens (primary N) is 1. The Morgan fingerprint density at radius 3 is 2.35 bits per heavy atom. The number of benzene rings is 2. The zero-order chi connectivity index (χ0) is 27.0. The third-order valence-corrected chi connectivity index (χ3v) is 7.46. The van der Waals surface area contributed by atoms with Crippen molar-refractivity contribution < 1.29 is 32.6 Å². The van der Waals surface area contributed by atoms with Crippen LogP contribution >= 0.6 is 35.0 Å². The SMILES string of the molecule is CCOC(=O)C1=c2/c(=C/c3c(F)cccc3Cl)c(N)c(C(=O)OC)n2C(=O)[C@H](c2c(F)cccc2Cl)S1. The van der Waals surface area contributed by atoms with E-state index in [4.69, 9.17) is 38.4 Å². The molecule has 4 rings (SSSR count).